The Morgan fingerprint density at radius 3 is 2.60 bits per heavy atom. The van der Waals surface area contributed by atoms with Crippen molar-refractivity contribution in [1.82, 2.24) is 19.2 Å². The Labute approximate surface area is 194 Å². The van der Waals surface area contributed by atoms with E-state index < -0.39 is 37.1 Å². The Morgan fingerprint density at radius 1 is 1.14 bits per heavy atom. The fourth-order valence-electron chi connectivity index (χ4n) is 3.31. The molecular weight excluding hydrogens is 477 g/mol. The molecule has 4 aromatic rings. The minimum atomic E-state index is -4.46. The second-order valence-electron chi connectivity index (χ2n) is 7.42. The second-order valence-corrected chi connectivity index (χ2v) is 7.42. The van der Waals surface area contributed by atoms with E-state index in [0.717, 1.165) is 16.8 Å². The first-order valence-electron chi connectivity index (χ1n) is 10.1. The quantitative estimate of drug-likeness (QED) is 0.365. The predicted molar refractivity (Wildman–Crippen MR) is 113 cm³/mol. The van der Waals surface area contributed by atoms with Crippen LogP contribution >= 0.6 is 0 Å². The molecule has 1 N–H and O–H groups in total. The number of hydrogen-bond donors (Lipinski definition) is 1. The lowest BCUT2D eigenvalue weighted by Crippen LogP contribution is -2.18. The van der Waals surface area contributed by atoms with Crippen molar-refractivity contribution in [3.63, 3.8) is 0 Å². The molecule has 0 aliphatic heterocycles. The molecule has 0 aliphatic carbocycles. The number of ether oxygens (including phenoxy) is 2. The molecule has 0 bridgehead atoms. The molecule has 0 atom stereocenters. The number of aromatic nitrogens is 4. The number of anilines is 1. The minimum Gasteiger partial charge on any atom is -0.485 e. The Morgan fingerprint density at radius 2 is 1.89 bits per heavy atom. The van der Waals surface area contributed by atoms with Crippen molar-refractivity contribution in [2.75, 3.05) is 11.9 Å². The van der Waals surface area contributed by atoms with Crippen LogP contribution in [0.5, 0.6) is 5.75 Å². The third-order valence-electron chi connectivity index (χ3n) is 4.82. The molecule has 184 valence electrons. The summed E-state index contributed by atoms with van der Waals surface area (Å²) in [5.74, 6) is -1.86. The molecule has 0 radical (unpaired) electrons. The molecule has 1 amide bonds. The maximum Gasteiger partial charge on any atom is 0.411 e. The number of carbonyl (C=O) groups is 1. The van der Waals surface area contributed by atoms with E-state index in [-0.39, 0.29) is 34.9 Å². The van der Waals surface area contributed by atoms with Gasteiger partial charge in [-0.2, -0.15) is 18.3 Å². The van der Waals surface area contributed by atoms with Gasteiger partial charge in [-0.05, 0) is 31.2 Å². The molecule has 3 aromatic heterocycles. The lowest BCUT2D eigenvalue weighted by atomic mass is 10.2. The number of hydrogen-bond acceptors (Lipinski definition) is 5. The molecule has 35 heavy (non-hydrogen) atoms. The van der Waals surface area contributed by atoms with E-state index in [1.165, 1.54) is 22.9 Å². The average Bonchev–Trinajstić information content (AvgIpc) is 3.35. The fourth-order valence-corrected chi connectivity index (χ4v) is 3.31. The maximum absolute atomic E-state index is 13.9. The highest BCUT2D eigenvalue weighted by atomic mass is 19.4. The van der Waals surface area contributed by atoms with Crippen molar-refractivity contribution in [2.24, 2.45) is 0 Å². The van der Waals surface area contributed by atoms with E-state index in [1.807, 2.05) is 0 Å². The summed E-state index contributed by atoms with van der Waals surface area (Å²) in [6, 6.07) is 6.61. The van der Waals surface area contributed by atoms with Crippen LogP contribution in [0, 0.1) is 18.6 Å². The van der Waals surface area contributed by atoms with Gasteiger partial charge in [0.2, 0.25) is 0 Å². The Kier molecular flexibility index (Phi) is 6.69. The number of benzene rings is 1. The van der Waals surface area contributed by atoms with E-state index in [9.17, 15) is 26.7 Å². The van der Waals surface area contributed by atoms with Crippen LogP contribution in [-0.2, 0) is 18.1 Å². The maximum atomic E-state index is 13.9. The van der Waals surface area contributed by atoms with Gasteiger partial charge in [0.15, 0.2) is 11.4 Å². The van der Waals surface area contributed by atoms with Gasteiger partial charge >= 0.3 is 6.18 Å². The van der Waals surface area contributed by atoms with Gasteiger partial charge in [-0.15, -0.1) is 0 Å². The van der Waals surface area contributed by atoms with Crippen molar-refractivity contribution in [3.8, 4) is 5.75 Å². The highest BCUT2D eigenvalue weighted by molar-refractivity contribution is 6.04. The highest BCUT2D eigenvalue weighted by Gasteiger charge is 2.27. The number of fused-ring (bicyclic) bond motifs is 1. The molecule has 0 saturated carbocycles. The third kappa shape index (κ3) is 5.57. The summed E-state index contributed by atoms with van der Waals surface area (Å²) in [4.78, 5) is 17.3. The van der Waals surface area contributed by atoms with Gasteiger partial charge in [0, 0.05) is 6.20 Å². The van der Waals surface area contributed by atoms with Gasteiger partial charge in [0.05, 0.1) is 29.3 Å². The number of aryl methyl sites for hydroxylation is 1. The van der Waals surface area contributed by atoms with Crippen molar-refractivity contribution in [2.45, 2.75) is 26.4 Å². The third-order valence-corrected chi connectivity index (χ3v) is 4.82. The summed E-state index contributed by atoms with van der Waals surface area (Å²) in [6.45, 7) is -0.672. The standard InChI is InChI=1S/C22H18F5N5O3/c1-13-19(21(33)30-14-8-28-31(9-14)12-34-11-22(25,26)27)32-7-3-6-18(20(32)29-13)35-10-15-16(23)4-2-5-17(15)24/h2-9H,10-12H2,1H3,(H,30,33). The Hall–Kier alpha value is -4.00. The number of alkyl halides is 3. The SMILES string of the molecule is Cc1nc2c(OCc3c(F)cccc3F)cccn2c1C(=O)Nc1cnn(COCC(F)(F)F)c1. The smallest absolute Gasteiger partial charge is 0.411 e. The van der Waals surface area contributed by atoms with Gasteiger partial charge in [-0.3, -0.25) is 9.20 Å². The van der Waals surface area contributed by atoms with Crippen LogP contribution in [0.3, 0.4) is 0 Å². The largest absolute Gasteiger partial charge is 0.485 e. The van der Waals surface area contributed by atoms with Crippen LogP contribution in [0.25, 0.3) is 5.65 Å². The zero-order valence-corrected chi connectivity index (χ0v) is 18.1. The van der Waals surface area contributed by atoms with Gasteiger partial charge in [0.1, 0.15) is 37.3 Å². The van der Waals surface area contributed by atoms with Crippen LogP contribution in [0.15, 0.2) is 48.9 Å². The molecule has 1 aromatic carbocycles. The number of imidazole rings is 1. The average molecular weight is 495 g/mol. The molecular formula is C22H18F5N5O3. The van der Waals surface area contributed by atoms with Gasteiger partial charge in [-0.25, -0.2) is 18.4 Å². The van der Waals surface area contributed by atoms with Crippen LogP contribution in [0.1, 0.15) is 21.7 Å². The normalized spacial score (nSPS) is 11.7. The van der Waals surface area contributed by atoms with Crippen LogP contribution < -0.4 is 10.1 Å². The summed E-state index contributed by atoms with van der Waals surface area (Å²) in [7, 11) is 0. The number of carbonyl (C=O) groups excluding carboxylic acids is 1. The first-order valence-corrected chi connectivity index (χ1v) is 10.1. The topological polar surface area (TPSA) is 82.7 Å². The molecule has 0 spiro atoms. The molecule has 0 aliphatic rings. The van der Waals surface area contributed by atoms with E-state index in [4.69, 9.17) is 4.74 Å². The fraction of sp³-hybridized carbons (Fsp3) is 0.227. The molecule has 0 unspecified atom stereocenters. The number of nitrogens with one attached hydrogen (secondary N) is 1. The molecule has 3 heterocycles. The lowest BCUT2D eigenvalue weighted by molar-refractivity contribution is -0.182. The van der Waals surface area contributed by atoms with E-state index >= 15 is 0 Å². The number of nitrogens with zero attached hydrogens (tertiary/aromatic N) is 4. The summed E-state index contributed by atoms with van der Waals surface area (Å²) < 4.78 is 77.1. The predicted octanol–water partition coefficient (Wildman–Crippen LogP) is 4.49. The molecule has 4 rings (SSSR count). The molecule has 0 fully saturated rings. The van der Waals surface area contributed by atoms with Crippen LogP contribution in [0.2, 0.25) is 0 Å². The van der Waals surface area contributed by atoms with Crippen molar-refractivity contribution in [1.29, 1.82) is 0 Å². The zero-order chi connectivity index (χ0) is 25.2. The zero-order valence-electron chi connectivity index (χ0n) is 18.1. The van der Waals surface area contributed by atoms with Crippen LogP contribution in [-0.4, -0.2) is 37.9 Å². The van der Waals surface area contributed by atoms with Crippen molar-refractivity contribution < 1.29 is 36.2 Å². The van der Waals surface area contributed by atoms with Gasteiger partial charge < -0.3 is 14.8 Å². The molecule has 8 nitrogen and oxygen atoms in total. The Balaban J connectivity index is 1.49. The number of amides is 1. The van der Waals surface area contributed by atoms with E-state index in [2.05, 4.69) is 20.1 Å². The number of halogens is 5. The number of pyridine rings is 1. The molecule has 0 saturated heterocycles. The van der Waals surface area contributed by atoms with Gasteiger partial charge in [-0.1, -0.05) is 6.07 Å². The van der Waals surface area contributed by atoms with E-state index in [1.54, 1.807) is 25.3 Å². The monoisotopic (exact) mass is 495 g/mol. The summed E-state index contributed by atoms with van der Waals surface area (Å²) in [5.41, 5.74) is 0.734. The Bertz CT molecular complexity index is 1350. The minimum absolute atomic E-state index is 0.156. The van der Waals surface area contributed by atoms with E-state index in [0.29, 0.717) is 5.69 Å². The second kappa shape index (κ2) is 9.70. The first kappa shape index (κ1) is 24.1. The number of rotatable bonds is 8. The first-order chi connectivity index (χ1) is 16.6. The lowest BCUT2D eigenvalue weighted by Gasteiger charge is -2.09. The van der Waals surface area contributed by atoms with Crippen LogP contribution in [0.4, 0.5) is 27.6 Å². The highest BCUT2D eigenvalue weighted by Crippen LogP contribution is 2.25. The summed E-state index contributed by atoms with van der Waals surface area (Å²) in [5, 5.41) is 6.44. The summed E-state index contributed by atoms with van der Waals surface area (Å²) in [6.07, 6.45) is -0.332. The van der Waals surface area contributed by atoms with Gasteiger partial charge in [0.25, 0.3) is 5.91 Å². The van der Waals surface area contributed by atoms with Crippen molar-refractivity contribution >= 4 is 17.2 Å². The van der Waals surface area contributed by atoms with Crippen molar-refractivity contribution in [3.05, 3.63) is 77.5 Å². The summed E-state index contributed by atoms with van der Waals surface area (Å²) >= 11 is 0. The molecule has 13 heteroatoms.